The molecular weight excluding hydrogens is 370 g/mol. The molecule has 20 heavy (non-hydrogen) atoms. The van der Waals surface area contributed by atoms with Crippen LogP contribution in [-0.4, -0.2) is 23.6 Å². The molecule has 0 saturated heterocycles. The average molecular weight is 374 g/mol. The summed E-state index contributed by atoms with van der Waals surface area (Å²) < 4.78 is 24.2. The molecule has 0 aromatic carbocycles. The number of halogens is 4. The Morgan fingerprint density at radius 3 is 2.25 bits per heavy atom. The SMILES string of the molecule is O=S(=O)(/C=C1/N=C(Cl)C=C(Cl)N1)c1nc(Cl)cc(Cl)n1. The molecule has 0 spiro atoms. The number of sulfone groups is 1. The number of hydrogen-bond acceptors (Lipinski definition) is 6. The average Bonchev–Trinajstić information content (AvgIpc) is 2.25. The quantitative estimate of drug-likeness (QED) is 0.489. The van der Waals surface area contributed by atoms with E-state index < -0.39 is 15.0 Å². The summed E-state index contributed by atoms with van der Waals surface area (Å²) in [5.74, 6) is -0.0813. The normalized spacial score (nSPS) is 17.5. The summed E-state index contributed by atoms with van der Waals surface area (Å²) in [5, 5.41) is 2.68. The Labute approximate surface area is 134 Å². The molecule has 1 aliphatic rings. The van der Waals surface area contributed by atoms with Gasteiger partial charge in [0, 0.05) is 12.1 Å². The molecule has 2 heterocycles. The molecule has 0 amide bonds. The van der Waals surface area contributed by atoms with Crippen molar-refractivity contribution in [2.24, 2.45) is 4.99 Å². The highest BCUT2D eigenvalue weighted by Gasteiger charge is 2.19. The Morgan fingerprint density at radius 2 is 1.70 bits per heavy atom. The molecule has 2 rings (SSSR count). The van der Waals surface area contributed by atoms with E-state index in [-0.39, 0.29) is 26.5 Å². The molecule has 1 aliphatic heterocycles. The van der Waals surface area contributed by atoms with Crippen molar-refractivity contribution >= 4 is 61.4 Å². The molecule has 6 nitrogen and oxygen atoms in total. The second-order valence-electron chi connectivity index (χ2n) is 3.40. The predicted octanol–water partition coefficient (Wildman–Crippen LogP) is 2.68. The van der Waals surface area contributed by atoms with Gasteiger partial charge in [0.1, 0.15) is 26.5 Å². The van der Waals surface area contributed by atoms with Crippen LogP contribution in [0.5, 0.6) is 0 Å². The number of nitrogens with zero attached hydrogens (tertiary/aromatic N) is 3. The smallest absolute Gasteiger partial charge is 0.254 e. The van der Waals surface area contributed by atoms with Gasteiger partial charge in [0.05, 0.1) is 5.41 Å². The van der Waals surface area contributed by atoms with Crippen molar-refractivity contribution in [2.75, 3.05) is 0 Å². The van der Waals surface area contributed by atoms with Crippen molar-refractivity contribution in [3.63, 3.8) is 0 Å². The van der Waals surface area contributed by atoms with Crippen LogP contribution in [0.4, 0.5) is 0 Å². The summed E-state index contributed by atoms with van der Waals surface area (Å²) >= 11 is 22.6. The Balaban J connectivity index is 2.44. The van der Waals surface area contributed by atoms with Gasteiger partial charge in [-0.05, 0) is 0 Å². The highest BCUT2D eigenvalue weighted by molar-refractivity contribution is 7.94. The van der Waals surface area contributed by atoms with E-state index in [1.807, 2.05) is 0 Å². The molecule has 1 N–H and O–H groups in total. The fourth-order valence-corrected chi connectivity index (χ4v) is 3.13. The van der Waals surface area contributed by atoms with Gasteiger partial charge in [-0.3, -0.25) is 0 Å². The van der Waals surface area contributed by atoms with Gasteiger partial charge >= 0.3 is 0 Å². The minimum absolute atomic E-state index is 0.0280. The van der Waals surface area contributed by atoms with Crippen LogP contribution in [-0.2, 0) is 9.84 Å². The maximum atomic E-state index is 12.1. The van der Waals surface area contributed by atoms with E-state index in [2.05, 4.69) is 20.3 Å². The van der Waals surface area contributed by atoms with E-state index >= 15 is 0 Å². The molecule has 0 saturated carbocycles. The van der Waals surface area contributed by atoms with Gasteiger partial charge in [0.25, 0.3) is 5.16 Å². The molecule has 0 fully saturated rings. The van der Waals surface area contributed by atoms with Crippen molar-refractivity contribution in [3.8, 4) is 0 Å². The molecule has 0 unspecified atom stereocenters. The molecule has 1 aromatic rings. The standard InChI is InChI=1S/C9H4Cl4N4O2S/c10-4-1-5(11)15-8(14-4)3-20(18,19)9-16-6(12)2-7(13)17-9/h1-3,14H/b8-3+. The van der Waals surface area contributed by atoms with E-state index in [0.29, 0.717) is 0 Å². The van der Waals surface area contributed by atoms with Crippen molar-refractivity contribution in [1.82, 2.24) is 15.3 Å². The summed E-state index contributed by atoms with van der Waals surface area (Å²) in [6.45, 7) is 0. The van der Waals surface area contributed by atoms with Crippen molar-refractivity contribution in [2.45, 2.75) is 5.16 Å². The number of nitrogens with one attached hydrogen (secondary N) is 1. The first-order valence-corrected chi connectivity index (χ1v) is 7.87. The Bertz CT molecular complexity index is 737. The summed E-state index contributed by atoms with van der Waals surface area (Å²) in [6, 6.07) is 1.21. The highest BCUT2D eigenvalue weighted by atomic mass is 35.5. The second kappa shape index (κ2) is 5.87. The minimum atomic E-state index is -4.02. The minimum Gasteiger partial charge on any atom is -0.330 e. The van der Waals surface area contributed by atoms with Gasteiger partial charge in [-0.15, -0.1) is 0 Å². The summed E-state index contributed by atoms with van der Waals surface area (Å²) in [7, 11) is -4.02. The first-order valence-electron chi connectivity index (χ1n) is 4.81. The summed E-state index contributed by atoms with van der Waals surface area (Å²) in [4.78, 5) is 10.9. The summed E-state index contributed by atoms with van der Waals surface area (Å²) in [5.41, 5.74) is 0. The maximum Gasteiger partial charge on any atom is 0.254 e. The van der Waals surface area contributed by atoms with Crippen LogP contribution in [0.15, 0.2) is 38.7 Å². The van der Waals surface area contributed by atoms with Gasteiger partial charge < -0.3 is 5.32 Å². The van der Waals surface area contributed by atoms with E-state index in [9.17, 15) is 8.42 Å². The van der Waals surface area contributed by atoms with Gasteiger partial charge in [0.15, 0.2) is 0 Å². The van der Waals surface area contributed by atoms with Gasteiger partial charge in [-0.25, -0.2) is 23.4 Å². The van der Waals surface area contributed by atoms with Crippen molar-refractivity contribution < 1.29 is 8.42 Å². The lowest BCUT2D eigenvalue weighted by Gasteiger charge is -2.10. The number of aliphatic imine (C=N–C) groups is 1. The third-order valence-electron chi connectivity index (χ3n) is 1.88. The summed E-state index contributed by atoms with van der Waals surface area (Å²) in [6.07, 6.45) is 1.32. The number of aromatic nitrogens is 2. The third kappa shape index (κ3) is 3.83. The van der Waals surface area contributed by atoms with Gasteiger partial charge in [-0.1, -0.05) is 46.4 Å². The second-order valence-corrected chi connectivity index (χ2v) is 6.66. The van der Waals surface area contributed by atoms with E-state index in [4.69, 9.17) is 46.4 Å². The molecule has 1 aromatic heterocycles. The lowest BCUT2D eigenvalue weighted by atomic mass is 10.5. The zero-order valence-electron chi connectivity index (χ0n) is 9.31. The van der Waals surface area contributed by atoms with Crippen LogP contribution in [0, 0.1) is 0 Å². The lowest BCUT2D eigenvalue weighted by Crippen LogP contribution is -2.16. The van der Waals surface area contributed by atoms with Crippen LogP contribution >= 0.6 is 46.4 Å². The van der Waals surface area contributed by atoms with E-state index in [1.165, 1.54) is 12.1 Å². The van der Waals surface area contributed by atoms with Crippen molar-refractivity contribution in [3.05, 3.63) is 38.8 Å². The first kappa shape index (κ1) is 15.5. The maximum absolute atomic E-state index is 12.1. The first-order chi connectivity index (χ1) is 9.26. The Hall–Kier alpha value is -0.860. The molecule has 0 atom stereocenters. The molecule has 0 radical (unpaired) electrons. The fourth-order valence-electron chi connectivity index (χ4n) is 1.19. The number of hydrogen-bond donors (Lipinski definition) is 1. The fraction of sp³-hybridized carbons (Fsp3) is 0. The third-order valence-corrected chi connectivity index (χ3v) is 3.89. The van der Waals surface area contributed by atoms with Crippen LogP contribution in [0.3, 0.4) is 0 Å². The zero-order chi connectivity index (χ0) is 14.9. The highest BCUT2D eigenvalue weighted by Crippen LogP contribution is 2.19. The van der Waals surface area contributed by atoms with Gasteiger partial charge in [-0.2, -0.15) is 0 Å². The number of allylic oxidation sites excluding steroid dienone is 1. The van der Waals surface area contributed by atoms with Crippen LogP contribution in [0.2, 0.25) is 10.3 Å². The lowest BCUT2D eigenvalue weighted by molar-refractivity contribution is 0.595. The molecule has 11 heteroatoms. The Kier molecular flexibility index (Phi) is 4.55. The predicted molar refractivity (Wildman–Crippen MR) is 77.7 cm³/mol. The van der Waals surface area contributed by atoms with Gasteiger partial charge in [0.2, 0.25) is 9.84 Å². The van der Waals surface area contributed by atoms with E-state index in [1.54, 1.807) is 0 Å². The van der Waals surface area contributed by atoms with Crippen LogP contribution < -0.4 is 5.32 Å². The molecule has 0 bridgehead atoms. The van der Waals surface area contributed by atoms with E-state index in [0.717, 1.165) is 5.41 Å². The molecule has 106 valence electrons. The Morgan fingerprint density at radius 1 is 1.10 bits per heavy atom. The van der Waals surface area contributed by atoms with Crippen LogP contribution in [0.25, 0.3) is 0 Å². The number of rotatable bonds is 2. The topological polar surface area (TPSA) is 84.3 Å². The molecule has 0 aliphatic carbocycles. The zero-order valence-corrected chi connectivity index (χ0v) is 13.2. The largest absolute Gasteiger partial charge is 0.330 e. The molecular formula is C9H4Cl4N4O2S. The van der Waals surface area contributed by atoms with Crippen LogP contribution in [0.1, 0.15) is 0 Å². The monoisotopic (exact) mass is 372 g/mol. The van der Waals surface area contributed by atoms with Crippen molar-refractivity contribution in [1.29, 1.82) is 0 Å².